The zero-order valence-corrected chi connectivity index (χ0v) is 15.9. The molecule has 2 aromatic rings. The van der Waals surface area contributed by atoms with Crippen LogP contribution < -0.4 is 19.5 Å². The van der Waals surface area contributed by atoms with Crippen LogP contribution in [0.5, 0.6) is 17.2 Å². The number of hydrogen-bond donors (Lipinski definition) is 1. The molecule has 0 spiro atoms. The van der Waals surface area contributed by atoms with E-state index in [4.69, 9.17) is 14.2 Å². The van der Waals surface area contributed by atoms with E-state index >= 15 is 0 Å². The van der Waals surface area contributed by atoms with Crippen molar-refractivity contribution in [2.45, 2.75) is 19.8 Å². The first kappa shape index (κ1) is 20.3. The molecule has 0 unspecified atom stereocenters. The number of ketones is 1. The summed E-state index contributed by atoms with van der Waals surface area (Å²) < 4.78 is 15.9. The van der Waals surface area contributed by atoms with E-state index in [1.54, 1.807) is 38.5 Å². The fraction of sp³-hybridized carbons (Fsp3) is 0.333. The first-order valence-electron chi connectivity index (χ1n) is 8.81. The van der Waals surface area contributed by atoms with E-state index in [2.05, 4.69) is 5.32 Å². The average Bonchev–Trinajstić information content (AvgIpc) is 2.71. The molecule has 2 rings (SSSR count). The van der Waals surface area contributed by atoms with Gasteiger partial charge < -0.3 is 19.5 Å². The Bertz CT molecular complexity index is 771. The first-order valence-corrected chi connectivity index (χ1v) is 8.81. The summed E-state index contributed by atoms with van der Waals surface area (Å²) in [6.45, 7) is 2.23. The minimum atomic E-state index is -0.204. The van der Waals surface area contributed by atoms with Gasteiger partial charge in [-0.05, 0) is 48.4 Å². The lowest BCUT2D eigenvalue weighted by atomic mass is 10.1. The molecule has 0 aromatic heterocycles. The van der Waals surface area contributed by atoms with E-state index < -0.39 is 0 Å². The number of amides is 1. The molecular formula is C21H25NO5. The van der Waals surface area contributed by atoms with Gasteiger partial charge in [0, 0.05) is 18.5 Å². The largest absolute Gasteiger partial charge is 0.493 e. The Balaban J connectivity index is 1.75. The van der Waals surface area contributed by atoms with Gasteiger partial charge in [0.1, 0.15) is 5.75 Å². The van der Waals surface area contributed by atoms with Crippen LogP contribution in [0.2, 0.25) is 0 Å². The van der Waals surface area contributed by atoms with Crippen LogP contribution in [-0.2, 0) is 11.2 Å². The highest BCUT2D eigenvalue weighted by molar-refractivity contribution is 5.95. The van der Waals surface area contributed by atoms with E-state index in [0.717, 1.165) is 5.56 Å². The van der Waals surface area contributed by atoms with E-state index in [0.29, 0.717) is 42.2 Å². The highest BCUT2D eigenvalue weighted by atomic mass is 16.5. The minimum Gasteiger partial charge on any atom is -0.493 e. The van der Waals surface area contributed by atoms with Crippen LogP contribution in [0.4, 0.5) is 0 Å². The fourth-order valence-electron chi connectivity index (χ4n) is 2.52. The van der Waals surface area contributed by atoms with Crippen LogP contribution in [0.15, 0.2) is 42.5 Å². The lowest BCUT2D eigenvalue weighted by molar-refractivity contribution is -0.123. The second-order valence-corrected chi connectivity index (χ2v) is 5.88. The summed E-state index contributed by atoms with van der Waals surface area (Å²) in [6.07, 6.45) is 1.13. The first-order chi connectivity index (χ1) is 13.1. The number of methoxy groups -OCH3 is 2. The molecule has 0 heterocycles. The van der Waals surface area contributed by atoms with Gasteiger partial charge in [0.25, 0.3) is 5.91 Å². The molecule has 2 aromatic carbocycles. The normalized spacial score (nSPS) is 10.2. The third-order valence-electron chi connectivity index (χ3n) is 4.05. The highest BCUT2D eigenvalue weighted by Crippen LogP contribution is 2.27. The van der Waals surface area contributed by atoms with Gasteiger partial charge in [-0.2, -0.15) is 0 Å². The Kier molecular flexibility index (Phi) is 7.67. The second-order valence-electron chi connectivity index (χ2n) is 5.88. The van der Waals surface area contributed by atoms with E-state index in [1.807, 2.05) is 25.1 Å². The van der Waals surface area contributed by atoms with Gasteiger partial charge in [-0.1, -0.05) is 13.0 Å². The molecule has 0 radical (unpaired) electrons. The number of carbonyl (C=O) groups is 2. The summed E-state index contributed by atoms with van der Waals surface area (Å²) in [5, 5.41) is 2.82. The molecule has 0 saturated heterocycles. The topological polar surface area (TPSA) is 73.9 Å². The highest BCUT2D eigenvalue weighted by Gasteiger charge is 2.07. The van der Waals surface area contributed by atoms with Crippen molar-refractivity contribution in [2.75, 3.05) is 27.4 Å². The monoisotopic (exact) mass is 371 g/mol. The lowest BCUT2D eigenvalue weighted by Crippen LogP contribution is -2.30. The number of hydrogen-bond acceptors (Lipinski definition) is 5. The van der Waals surface area contributed by atoms with Gasteiger partial charge in [0.05, 0.1) is 14.2 Å². The van der Waals surface area contributed by atoms with Crippen molar-refractivity contribution in [3.8, 4) is 17.2 Å². The zero-order valence-electron chi connectivity index (χ0n) is 15.9. The number of benzene rings is 2. The van der Waals surface area contributed by atoms with E-state index in [1.165, 1.54) is 0 Å². The van der Waals surface area contributed by atoms with Gasteiger partial charge in [0.15, 0.2) is 23.9 Å². The van der Waals surface area contributed by atoms with Crippen molar-refractivity contribution in [3.05, 3.63) is 53.6 Å². The Hall–Kier alpha value is -3.02. The molecule has 0 fully saturated rings. The van der Waals surface area contributed by atoms with Gasteiger partial charge in [-0.3, -0.25) is 9.59 Å². The SMILES string of the molecule is CCC(=O)c1ccc(OCC(=O)NCCc2ccc(OC)c(OC)c2)cc1. The molecular weight excluding hydrogens is 346 g/mol. The van der Waals surface area contributed by atoms with Gasteiger partial charge in [0.2, 0.25) is 0 Å². The predicted molar refractivity (Wildman–Crippen MR) is 103 cm³/mol. The summed E-state index contributed by atoms with van der Waals surface area (Å²) in [6, 6.07) is 12.5. The van der Waals surface area contributed by atoms with Crippen LogP contribution in [0.1, 0.15) is 29.3 Å². The summed E-state index contributed by atoms with van der Waals surface area (Å²) >= 11 is 0. The van der Waals surface area contributed by atoms with Crippen molar-refractivity contribution >= 4 is 11.7 Å². The number of rotatable bonds is 10. The molecule has 0 aliphatic heterocycles. The summed E-state index contributed by atoms with van der Waals surface area (Å²) in [7, 11) is 3.18. The average molecular weight is 371 g/mol. The van der Waals surface area contributed by atoms with Gasteiger partial charge >= 0.3 is 0 Å². The van der Waals surface area contributed by atoms with Crippen LogP contribution in [0.3, 0.4) is 0 Å². The molecule has 0 bridgehead atoms. The quantitative estimate of drug-likeness (QED) is 0.650. The van der Waals surface area contributed by atoms with E-state index in [-0.39, 0.29) is 18.3 Å². The van der Waals surface area contributed by atoms with Crippen LogP contribution >= 0.6 is 0 Å². The molecule has 144 valence electrons. The predicted octanol–water partition coefficient (Wildman–Crippen LogP) is 3.03. The summed E-state index contributed by atoms with van der Waals surface area (Å²) in [4.78, 5) is 23.5. The Morgan fingerprint density at radius 2 is 1.67 bits per heavy atom. The maximum atomic E-state index is 11.9. The van der Waals surface area contributed by atoms with Crippen molar-refractivity contribution < 1.29 is 23.8 Å². The van der Waals surface area contributed by atoms with Crippen molar-refractivity contribution in [1.29, 1.82) is 0 Å². The van der Waals surface area contributed by atoms with Crippen molar-refractivity contribution in [3.63, 3.8) is 0 Å². The molecule has 6 nitrogen and oxygen atoms in total. The lowest BCUT2D eigenvalue weighted by Gasteiger charge is -2.10. The Labute approximate surface area is 159 Å². The smallest absolute Gasteiger partial charge is 0.257 e. The number of Topliss-reactive ketones (excluding diaryl/α,β-unsaturated/α-hetero) is 1. The van der Waals surface area contributed by atoms with Crippen LogP contribution in [-0.4, -0.2) is 39.1 Å². The summed E-state index contributed by atoms with van der Waals surface area (Å²) in [5.41, 5.74) is 1.68. The van der Waals surface area contributed by atoms with Gasteiger partial charge in [-0.15, -0.1) is 0 Å². The van der Waals surface area contributed by atoms with Gasteiger partial charge in [-0.25, -0.2) is 0 Å². The standard InChI is InChI=1S/C21H25NO5/c1-4-18(23)16-6-8-17(9-7-16)27-14-21(24)22-12-11-15-5-10-19(25-2)20(13-15)26-3/h5-10,13H,4,11-12,14H2,1-3H3,(H,22,24). The zero-order chi connectivity index (χ0) is 19.6. The molecule has 1 amide bonds. The minimum absolute atomic E-state index is 0.0764. The fourth-order valence-corrected chi connectivity index (χ4v) is 2.52. The molecule has 0 atom stereocenters. The van der Waals surface area contributed by atoms with Crippen LogP contribution in [0.25, 0.3) is 0 Å². The molecule has 0 saturated carbocycles. The van der Waals surface area contributed by atoms with Crippen molar-refractivity contribution in [1.82, 2.24) is 5.32 Å². The van der Waals surface area contributed by atoms with Crippen LogP contribution in [0, 0.1) is 0 Å². The Morgan fingerprint density at radius 3 is 2.30 bits per heavy atom. The molecule has 0 aliphatic carbocycles. The number of nitrogens with one attached hydrogen (secondary N) is 1. The Morgan fingerprint density at radius 1 is 0.963 bits per heavy atom. The third-order valence-corrected chi connectivity index (χ3v) is 4.05. The third kappa shape index (κ3) is 6.02. The summed E-state index contributed by atoms with van der Waals surface area (Å²) in [5.74, 6) is 1.76. The molecule has 6 heteroatoms. The maximum absolute atomic E-state index is 11.9. The maximum Gasteiger partial charge on any atom is 0.257 e. The number of ether oxygens (including phenoxy) is 3. The molecule has 1 N–H and O–H groups in total. The molecule has 0 aliphatic rings. The number of carbonyl (C=O) groups excluding carboxylic acids is 2. The van der Waals surface area contributed by atoms with Crippen molar-refractivity contribution in [2.24, 2.45) is 0 Å². The van der Waals surface area contributed by atoms with E-state index in [9.17, 15) is 9.59 Å². The second kappa shape index (κ2) is 10.2. The molecule has 27 heavy (non-hydrogen) atoms.